The third-order valence-corrected chi connectivity index (χ3v) is 7.37. The summed E-state index contributed by atoms with van der Waals surface area (Å²) >= 11 is 2.06. The molecule has 1 aromatic heterocycles. The van der Waals surface area contributed by atoms with Gasteiger partial charge < -0.3 is 4.90 Å². The molecule has 5 heteroatoms. The lowest BCUT2D eigenvalue weighted by Gasteiger charge is -2.40. The predicted octanol–water partition coefficient (Wildman–Crippen LogP) is 4.56. The van der Waals surface area contributed by atoms with Crippen LogP contribution < -0.4 is 0 Å². The summed E-state index contributed by atoms with van der Waals surface area (Å²) in [5, 5.41) is 2.28. The number of hydrogen-bond acceptors (Lipinski definition) is 4. The maximum atomic E-state index is 13.2. The smallest absolute Gasteiger partial charge is 0.253 e. The zero-order valence-corrected chi connectivity index (χ0v) is 18.0. The molecule has 4 nitrogen and oxygen atoms in total. The molecule has 2 aliphatic heterocycles. The van der Waals surface area contributed by atoms with Gasteiger partial charge >= 0.3 is 0 Å². The van der Waals surface area contributed by atoms with Gasteiger partial charge in [-0.15, -0.1) is 0 Å². The average molecular weight is 418 g/mol. The number of carbonyl (C=O) groups is 1. The summed E-state index contributed by atoms with van der Waals surface area (Å²) in [5.41, 5.74) is 3.12. The van der Waals surface area contributed by atoms with Crippen LogP contribution in [0.3, 0.4) is 0 Å². The predicted molar refractivity (Wildman–Crippen MR) is 125 cm³/mol. The maximum absolute atomic E-state index is 13.2. The minimum absolute atomic E-state index is 0.166. The summed E-state index contributed by atoms with van der Waals surface area (Å²) in [6.07, 6.45) is 5.82. The van der Waals surface area contributed by atoms with Crippen molar-refractivity contribution in [2.24, 2.45) is 0 Å². The normalized spacial score (nSPS) is 18.6. The second-order valence-electron chi connectivity index (χ2n) is 8.15. The number of rotatable bonds is 3. The summed E-state index contributed by atoms with van der Waals surface area (Å²) in [4.78, 5) is 22.0. The molecular formula is C25H27N3OS. The maximum Gasteiger partial charge on any atom is 0.253 e. The van der Waals surface area contributed by atoms with Crippen LogP contribution in [-0.2, 0) is 0 Å². The number of aromatic nitrogens is 1. The Balaban J connectivity index is 1.32. The molecule has 0 radical (unpaired) electrons. The van der Waals surface area contributed by atoms with E-state index in [0.717, 1.165) is 42.4 Å². The number of benzene rings is 2. The van der Waals surface area contributed by atoms with Gasteiger partial charge in [-0.1, -0.05) is 24.3 Å². The first-order valence-corrected chi connectivity index (χ1v) is 12.0. The fourth-order valence-corrected chi connectivity index (χ4v) is 5.69. The van der Waals surface area contributed by atoms with Gasteiger partial charge in [0.25, 0.3) is 5.91 Å². The fourth-order valence-electron chi connectivity index (χ4n) is 4.76. The number of fused-ring (bicyclic) bond motifs is 1. The van der Waals surface area contributed by atoms with Crippen molar-refractivity contribution in [3.05, 3.63) is 66.5 Å². The lowest BCUT2D eigenvalue weighted by molar-refractivity contribution is 0.0631. The quantitative estimate of drug-likeness (QED) is 0.626. The number of carbonyl (C=O) groups excluding carboxylic acids is 1. The van der Waals surface area contributed by atoms with E-state index >= 15 is 0 Å². The third-order valence-electron chi connectivity index (χ3n) is 6.43. The molecule has 0 saturated carbocycles. The van der Waals surface area contributed by atoms with Crippen molar-refractivity contribution in [2.45, 2.75) is 18.9 Å². The van der Waals surface area contributed by atoms with Crippen molar-refractivity contribution >= 4 is 28.4 Å². The molecule has 2 saturated heterocycles. The molecule has 0 atom stereocenters. The first-order valence-electron chi connectivity index (χ1n) is 10.8. The van der Waals surface area contributed by atoms with Crippen molar-refractivity contribution in [3.8, 4) is 11.1 Å². The number of thioether (sulfide) groups is 1. The number of likely N-dealkylation sites (tertiary alicyclic amines) is 1. The standard InChI is InChI=1S/C25H27N3OS/c29-25(28-12-8-22(9-13-28)27-14-16-30-17-15-27)21-4-5-24-20(18-21)2-1-3-23(24)19-6-10-26-11-7-19/h1-7,10-11,18,22H,8-9,12-17H2. The van der Waals surface area contributed by atoms with E-state index in [1.165, 1.54) is 35.5 Å². The van der Waals surface area contributed by atoms with Gasteiger partial charge in [0.1, 0.15) is 0 Å². The molecule has 0 bridgehead atoms. The van der Waals surface area contributed by atoms with E-state index in [0.29, 0.717) is 6.04 Å². The molecule has 0 aliphatic carbocycles. The lowest BCUT2D eigenvalue weighted by Crippen LogP contribution is -2.49. The molecule has 5 rings (SSSR count). The molecule has 3 heterocycles. The highest BCUT2D eigenvalue weighted by Crippen LogP contribution is 2.29. The molecule has 30 heavy (non-hydrogen) atoms. The molecule has 0 unspecified atom stereocenters. The van der Waals surface area contributed by atoms with Crippen LogP contribution in [0, 0.1) is 0 Å². The van der Waals surface area contributed by atoms with Crippen LogP contribution in [0.1, 0.15) is 23.2 Å². The highest BCUT2D eigenvalue weighted by molar-refractivity contribution is 7.99. The van der Waals surface area contributed by atoms with Crippen molar-refractivity contribution in [1.29, 1.82) is 0 Å². The Kier molecular flexibility index (Phi) is 5.73. The Labute approximate surface area is 182 Å². The number of nitrogens with zero attached hydrogens (tertiary/aromatic N) is 3. The summed E-state index contributed by atoms with van der Waals surface area (Å²) in [7, 11) is 0. The molecule has 2 aromatic carbocycles. The Bertz CT molecular complexity index is 1030. The minimum Gasteiger partial charge on any atom is -0.339 e. The van der Waals surface area contributed by atoms with E-state index in [4.69, 9.17) is 0 Å². The molecular weight excluding hydrogens is 390 g/mol. The number of piperidine rings is 1. The van der Waals surface area contributed by atoms with E-state index in [9.17, 15) is 4.79 Å². The number of amides is 1. The average Bonchev–Trinajstić information content (AvgIpc) is 2.84. The molecule has 2 fully saturated rings. The van der Waals surface area contributed by atoms with Gasteiger partial charge in [-0.3, -0.25) is 14.7 Å². The largest absolute Gasteiger partial charge is 0.339 e. The van der Waals surface area contributed by atoms with Gasteiger partial charge in [0.05, 0.1) is 0 Å². The van der Waals surface area contributed by atoms with Crippen LogP contribution in [0.4, 0.5) is 0 Å². The Hall–Kier alpha value is -2.37. The van der Waals surface area contributed by atoms with Crippen molar-refractivity contribution in [2.75, 3.05) is 37.7 Å². The molecule has 0 N–H and O–H groups in total. The topological polar surface area (TPSA) is 36.4 Å². The number of pyridine rings is 1. The van der Waals surface area contributed by atoms with Gasteiger partial charge in [-0.2, -0.15) is 11.8 Å². The van der Waals surface area contributed by atoms with Crippen LogP contribution in [0.15, 0.2) is 60.9 Å². The van der Waals surface area contributed by atoms with E-state index in [1.807, 2.05) is 35.5 Å². The van der Waals surface area contributed by atoms with Crippen LogP contribution in [0.25, 0.3) is 21.9 Å². The number of hydrogen-bond donors (Lipinski definition) is 0. The van der Waals surface area contributed by atoms with Crippen LogP contribution in [0.5, 0.6) is 0 Å². The van der Waals surface area contributed by atoms with Gasteiger partial charge in [0.15, 0.2) is 0 Å². The van der Waals surface area contributed by atoms with E-state index < -0.39 is 0 Å². The first kappa shape index (κ1) is 19.6. The highest BCUT2D eigenvalue weighted by atomic mass is 32.2. The Morgan fingerprint density at radius 2 is 1.70 bits per heavy atom. The zero-order chi connectivity index (χ0) is 20.3. The van der Waals surface area contributed by atoms with E-state index in [-0.39, 0.29) is 5.91 Å². The molecule has 3 aromatic rings. The second-order valence-corrected chi connectivity index (χ2v) is 9.37. The Morgan fingerprint density at radius 3 is 2.47 bits per heavy atom. The van der Waals surface area contributed by atoms with Gasteiger partial charge in [-0.25, -0.2) is 0 Å². The summed E-state index contributed by atoms with van der Waals surface area (Å²) in [6, 6.07) is 17.1. The van der Waals surface area contributed by atoms with Gasteiger partial charge in [0, 0.05) is 61.7 Å². The molecule has 2 aliphatic rings. The van der Waals surface area contributed by atoms with E-state index in [1.54, 1.807) is 0 Å². The summed E-state index contributed by atoms with van der Waals surface area (Å²) in [6.45, 7) is 4.13. The minimum atomic E-state index is 0.166. The fraction of sp³-hybridized carbons (Fsp3) is 0.360. The van der Waals surface area contributed by atoms with Gasteiger partial charge in [0.2, 0.25) is 0 Å². The van der Waals surface area contributed by atoms with Crippen molar-refractivity contribution in [1.82, 2.24) is 14.8 Å². The van der Waals surface area contributed by atoms with Crippen LogP contribution in [0.2, 0.25) is 0 Å². The van der Waals surface area contributed by atoms with Crippen LogP contribution in [-0.4, -0.2) is 64.4 Å². The first-order chi connectivity index (χ1) is 14.8. The summed E-state index contributed by atoms with van der Waals surface area (Å²) in [5.74, 6) is 2.66. The van der Waals surface area contributed by atoms with Crippen LogP contribution >= 0.6 is 11.8 Å². The third kappa shape index (κ3) is 3.96. The summed E-state index contributed by atoms with van der Waals surface area (Å²) < 4.78 is 0. The SMILES string of the molecule is O=C(c1ccc2c(-c3ccncc3)cccc2c1)N1CCC(N2CCSCC2)CC1. The van der Waals surface area contributed by atoms with Crippen molar-refractivity contribution in [3.63, 3.8) is 0 Å². The van der Waals surface area contributed by atoms with E-state index in [2.05, 4.69) is 52.0 Å². The highest BCUT2D eigenvalue weighted by Gasteiger charge is 2.28. The lowest BCUT2D eigenvalue weighted by atomic mass is 9.97. The Morgan fingerprint density at radius 1 is 0.933 bits per heavy atom. The monoisotopic (exact) mass is 417 g/mol. The molecule has 0 spiro atoms. The molecule has 154 valence electrons. The zero-order valence-electron chi connectivity index (χ0n) is 17.2. The van der Waals surface area contributed by atoms with Crippen molar-refractivity contribution < 1.29 is 4.79 Å². The second kappa shape index (κ2) is 8.78. The van der Waals surface area contributed by atoms with Gasteiger partial charge in [-0.05, 0) is 59.0 Å². The molecule has 1 amide bonds.